The molecule has 0 N–H and O–H groups in total. The lowest BCUT2D eigenvalue weighted by atomic mass is 9.67. The molecular weight excluding hydrogens is 935 g/mol. The van der Waals surface area contributed by atoms with Crippen molar-refractivity contribution in [2.75, 3.05) is 4.90 Å². The molecule has 76 heavy (non-hydrogen) atoms. The van der Waals surface area contributed by atoms with Gasteiger partial charge in [0.15, 0.2) is 0 Å². The van der Waals surface area contributed by atoms with Crippen LogP contribution in [0.15, 0.2) is 285 Å². The summed E-state index contributed by atoms with van der Waals surface area (Å²) in [5.41, 5.74) is 24.9. The van der Waals surface area contributed by atoms with Gasteiger partial charge in [-0.1, -0.05) is 237 Å². The molecule has 0 saturated heterocycles. The molecule has 1 spiro atoms. The minimum absolute atomic E-state index is 0.498. The Hall–Kier alpha value is -9.34. The van der Waals surface area contributed by atoms with Gasteiger partial charge in [0.2, 0.25) is 0 Å². The summed E-state index contributed by atoms with van der Waals surface area (Å²) in [4.78, 5) is 2.62. The Bertz CT molecular complexity index is 4360. The van der Waals surface area contributed by atoms with Crippen LogP contribution in [0, 0.1) is 0 Å². The average molecular weight is 982 g/mol. The van der Waals surface area contributed by atoms with Gasteiger partial charge in [-0.2, -0.15) is 0 Å². The first-order valence-corrected chi connectivity index (χ1v) is 27.2. The standard InChI is InChI=1S/C74H47NS/c1-3-21-48(22-4-1)50-25-17-27-52(45-50)73(53-28-18-26-51(46-53)49-23-5-2-6-24-49)63-36-14-9-32-58(63)71-65(73)38-19-40-67(71)75(54-43-44-70-60(47-54)57-31-11-16-42-69(57)76-70)68-41-20-39-66-72(68)59-33-10-15-37-64(59)74(66)61-34-12-7-29-55(61)56-30-8-13-35-62(56)74/h1-47H. The first-order valence-electron chi connectivity index (χ1n) is 26.4. The van der Waals surface area contributed by atoms with Gasteiger partial charge in [0.1, 0.15) is 0 Å². The van der Waals surface area contributed by atoms with Crippen LogP contribution in [0.1, 0.15) is 44.5 Å². The van der Waals surface area contributed by atoms with E-state index in [2.05, 4.69) is 290 Å². The molecule has 0 amide bonds. The second-order valence-electron chi connectivity index (χ2n) is 20.6. The van der Waals surface area contributed by atoms with Crippen LogP contribution in [0.4, 0.5) is 17.1 Å². The van der Waals surface area contributed by atoms with E-state index in [-0.39, 0.29) is 0 Å². The lowest BCUT2D eigenvalue weighted by Gasteiger charge is -2.35. The quantitative estimate of drug-likeness (QED) is 0.154. The minimum Gasteiger partial charge on any atom is -0.309 e. The summed E-state index contributed by atoms with van der Waals surface area (Å²) in [5.74, 6) is 0. The minimum atomic E-state index is -0.691. The van der Waals surface area contributed by atoms with Gasteiger partial charge < -0.3 is 4.90 Å². The van der Waals surface area contributed by atoms with Crippen molar-refractivity contribution >= 4 is 48.6 Å². The first-order chi connectivity index (χ1) is 37.7. The number of rotatable bonds is 7. The van der Waals surface area contributed by atoms with E-state index in [4.69, 9.17) is 0 Å². The Labute approximate surface area is 446 Å². The van der Waals surface area contributed by atoms with Crippen LogP contribution in [0.3, 0.4) is 0 Å². The van der Waals surface area contributed by atoms with E-state index in [0.717, 1.165) is 17.1 Å². The normalized spacial score (nSPS) is 13.7. The molecule has 0 atom stereocenters. The van der Waals surface area contributed by atoms with Crippen molar-refractivity contribution in [3.63, 3.8) is 0 Å². The molecule has 2 heteroatoms. The third kappa shape index (κ3) is 5.90. The van der Waals surface area contributed by atoms with Crippen molar-refractivity contribution in [2.24, 2.45) is 0 Å². The highest BCUT2D eigenvalue weighted by Crippen LogP contribution is 2.66. The fourth-order valence-corrected chi connectivity index (χ4v) is 15.1. The number of thiophene rings is 1. The van der Waals surface area contributed by atoms with Crippen molar-refractivity contribution in [3.8, 4) is 55.6 Å². The summed E-state index contributed by atoms with van der Waals surface area (Å²) in [6.07, 6.45) is 0. The Morgan fingerprint density at radius 3 is 1.24 bits per heavy atom. The number of nitrogens with zero attached hydrogens (tertiary/aromatic N) is 1. The van der Waals surface area contributed by atoms with E-state index < -0.39 is 10.8 Å². The van der Waals surface area contributed by atoms with E-state index in [0.29, 0.717) is 0 Å². The summed E-state index contributed by atoms with van der Waals surface area (Å²) in [7, 11) is 0. The number of anilines is 3. The summed E-state index contributed by atoms with van der Waals surface area (Å²) < 4.78 is 2.58. The number of hydrogen-bond acceptors (Lipinski definition) is 2. The van der Waals surface area contributed by atoms with Gasteiger partial charge in [-0.05, 0) is 138 Å². The summed E-state index contributed by atoms with van der Waals surface area (Å²) in [6.45, 7) is 0. The van der Waals surface area contributed by atoms with Crippen LogP contribution in [0.5, 0.6) is 0 Å². The Kier molecular flexibility index (Phi) is 9.40. The van der Waals surface area contributed by atoms with Crippen LogP contribution >= 0.6 is 11.3 Å². The fraction of sp³-hybridized carbons (Fsp3) is 0.0270. The maximum atomic E-state index is 2.62. The SMILES string of the molecule is c1ccc(-c2cccc(C3(c4cccc(-c5ccccc5)c4)c4ccccc4-c4c(N(c5ccc6sc7ccccc7c6c5)c5cccc6c5-c5ccccc5C65c6ccccc6-c6ccccc65)cccc43)c2)cc1. The second-order valence-corrected chi connectivity index (χ2v) is 21.7. The molecule has 0 saturated carbocycles. The summed E-state index contributed by atoms with van der Waals surface area (Å²) in [5, 5.41) is 2.55. The van der Waals surface area contributed by atoms with Crippen molar-refractivity contribution in [1.29, 1.82) is 0 Å². The molecule has 0 aliphatic heterocycles. The number of fused-ring (bicyclic) bond motifs is 16. The molecule has 1 aromatic heterocycles. The van der Waals surface area contributed by atoms with Gasteiger partial charge >= 0.3 is 0 Å². The molecule has 1 nitrogen and oxygen atoms in total. The molecule has 16 rings (SSSR count). The van der Waals surface area contributed by atoms with E-state index in [9.17, 15) is 0 Å². The van der Waals surface area contributed by atoms with Crippen LogP contribution in [0.2, 0.25) is 0 Å². The van der Waals surface area contributed by atoms with Crippen molar-refractivity contribution < 1.29 is 0 Å². The predicted molar refractivity (Wildman–Crippen MR) is 318 cm³/mol. The van der Waals surface area contributed by atoms with Crippen molar-refractivity contribution in [3.05, 3.63) is 330 Å². The maximum Gasteiger partial charge on any atom is 0.0726 e. The van der Waals surface area contributed by atoms with Crippen LogP contribution in [0.25, 0.3) is 75.8 Å². The third-order valence-corrected chi connectivity index (χ3v) is 18.1. The van der Waals surface area contributed by atoms with Gasteiger partial charge in [-0.3, -0.25) is 0 Å². The van der Waals surface area contributed by atoms with Gasteiger partial charge in [0.25, 0.3) is 0 Å². The zero-order chi connectivity index (χ0) is 50.0. The Morgan fingerprint density at radius 1 is 0.263 bits per heavy atom. The zero-order valence-electron chi connectivity index (χ0n) is 41.5. The topological polar surface area (TPSA) is 3.24 Å². The molecule has 354 valence electrons. The van der Waals surface area contributed by atoms with Crippen LogP contribution in [-0.4, -0.2) is 0 Å². The van der Waals surface area contributed by atoms with Gasteiger partial charge in [-0.15, -0.1) is 11.3 Å². The molecule has 0 fully saturated rings. The van der Waals surface area contributed by atoms with E-state index in [1.807, 2.05) is 11.3 Å². The Morgan fingerprint density at radius 2 is 0.671 bits per heavy atom. The predicted octanol–water partition coefficient (Wildman–Crippen LogP) is 19.6. The van der Waals surface area contributed by atoms with Gasteiger partial charge in [-0.25, -0.2) is 0 Å². The Balaban J connectivity index is 1.02. The monoisotopic (exact) mass is 981 g/mol. The van der Waals surface area contributed by atoms with Crippen LogP contribution < -0.4 is 4.90 Å². The molecule has 13 aromatic rings. The lowest BCUT2D eigenvalue weighted by Crippen LogP contribution is -2.29. The number of hydrogen-bond donors (Lipinski definition) is 0. The largest absolute Gasteiger partial charge is 0.309 e. The smallest absolute Gasteiger partial charge is 0.0726 e. The molecule has 3 aliphatic rings. The van der Waals surface area contributed by atoms with E-state index in [1.54, 1.807) is 0 Å². The summed E-state index contributed by atoms with van der Waals surface area (Å²) >= 11 is 1.87. The highest BCUT2D eigenvalue weighted by Gasteiger charge is 2.53. The maximum absolute atomic E-state index is 2.62. The second kappa shape index (κ2) is 16.6. The third-order valence-electron chi connectivity index (χ3n) is 17.0. The highest BCUT2D eigenvalue weighted by atomic mass is 32.1. The first kappa shape index (κ1) is 43.1. The zero-order valence-corrected chi connectivity index (χ0v) is 42.3. The fourth-order valence-electron chi connectivity index (χ4n) is 14.0. The van der Waals surface area contributed by atoms with Crippen LogP contribution in [-0.2, 0) is 10.8 Å². The molecule has 0 bridgehead atoms. The van der Waals surface area contributed by atoms with Gasteiger partial charge in [0.05, 0.1) is 22.2 Å². The molecule has 3 aliphatic carbocycles. The average Bonchev–Trinajstić information content (AvgIpc) is 4.39. The molecule has 12 aromatic carbocycles. The van der Waals surface area contributed by atoms with Crippen molar-refractivity contribution in [2.45, 2.75) is 10.8 Å². The lowest BCUT2D eigenvalue weighted by molar-refractivity contribution is 0.769. The van der Waals surface area contributed by atoms with Gasteiger partial charge in [0, 0.05) is 37.0 Å². The van der Waals surface area contributed by atoms with Crippen molar-refractivity contribution in [1.82, 2.24) is 0 Å². The molecule has 0 radical (unpaired) electrons. The van der Waals surface area contributed by atoms with E-state index in [1.165, 1.54) is 120 Å². The summed E-state index contributed by atoms with van der Waals surface area (Å²) in [6, 6.07) is 107. The molecule has 0 unspecified atom stereocenters. The molecular formula is C74H47NS. The number of benzene rings is 12. The molecule has 1 heterocycles. The van der Waals surface area contributed by atoms with E-state index >= 15 is 0 Å². The highest BCUT2D eigenvalue weighted by molar-refractivity contribution is 7.25.